The average Bonchev–Trinajstić information content (AvgIpc) is 3.46. The third-order valence-corrected chi connectivity index (χ3v) is 5.47. The van der Waals surface area contributed by atoms with E-state index in [1.165, 1.54) is 0 Å². The highest BCUT2D eigenvalue weighted by Gasteiger charge is 2.50. The molecule has 0 saturated carbocycles. The topological polar surface area (TPSA) is 120 Å². The van der Waals surface area contributed by atoms with Crippen molar-refractivity contribution < 1.29 is 24.2 Å². The summed E-state index contributed by atoms with van der Waals surface area (Å²) in [6.07, 6.45) is 0.898. The first-order chi connectivity index (χ1) is 13.8. The number of hydrogen-bond acceptors (Lipinski definition) is 6. The summed E-state index contributed by atoms with van der Waals surface area (Å²) >= 11 is 0. The van der Waals surface area contributed by atoms with Gasteiger partial charge in [0.1, 0.15) is 17.7 Å². The second-order valence-corrected chi connectivity index (χ2v) is 8.01. The molecule has 2 saturated heterocycles. The van der Waals surface area contributed by atoms with Crippen LogP contribution in [0.4, 0.5) is 0 Å². The molecule has 158 valence electrons. The molecule has 1 aromatic carbocycles. The van der Waals surface area contributed by atoms with Crippen molar-refractivity contribution >= 4 is 17.6 Å². The Bertz CT molecular complexity index is 750. The summed E-state index contributed by atoms with van der Waals surface area (Å²) < 4.78 is 5.27. The van der Waals surface area contributed by atoms with Crippen LogP contribution in [-0.4, -0.2) is 65.7 Å². The van der Waals surface area contributed by atoms with Crippen LogP contribution in [0.1, 0.15) is 32.3 Å². The number of piperidine rings is 1. The highest BCUT2D eigenvalue weighted by molar-refractivity contribution is 5.98. The smallest absolute Gasteiger partial charge is 0.242 e. The van der Waals surface area contributed by atoms with Crippen molar-refractivity contribution in [1.82, 2.24) is 16.0 Å². The van der Waals surface area contributed by atoms with E-state index in [-0.39, 0.29) is 5.78 Å². The van der Waals surface area contributed by atoms with E-state index >= 15 is 0 Å². The normalized spacial score (nSPS) is 28.1. The maximum Gasteiger partial charge on any atom is 0.242 e. The van der Waals surface area contributed by atoms with E-state index in [2.05, 4.69) is 16.0 Å². The number of ether oxygens (including phenoxy) is 1. The molecule has 1 aromatic rings. The molecule has 29 heavy (non-hydrogen) atoms. The fraction of sp³-hybridized carbons (Fsp3) is 0.571. The van der Waals surface area contributed by atoms with E-state index in [0.29, 0.717) is 26.0 Å². The summed E-state index contributed by atoms with van der Waals surface area (Å²) in [5.41, 5.74) is 0.0524. The Hall–Kier alpha value is -2.29. The number of carbonyl (C=O) groups is 3. The molecule has 2 aliphatic rings. The van der Waals surface area contributed by atoms with Gasteiger partial charge in [-0.1, -0.05) is 30.3 Å². The minimum atomic E-state index is -0.866. The number of hydrogen-bond donors (Lipinski definition) is 4. The van der Waals surface area contributed by atoms with Crippen LogP contribution in [0.25, 0.3) is 0 Å². The fourth-order valence-corrected chi connectivity index (χ4v) is 3.48. The minimum absolute atomic E-state index is 0.183. The summed E-state index contributed by atoms with van der Waals surface area (Å²) in [6, 6.07) is 7.08. The molecular formula is C21H29N3O5. The molecule has 2 aliphatic heterocycles. The predicted octanol–water partition coefficient (Wildman–Crippen LogP) is -0.310. The number of carbonyl (C=O) groups excluding carboxylic acids is 3. The van der Waals surface area contributed by atoms with E-state index in [9.17, 15) is 19.5 Å². The Morgan fingerprint density at radius 2 is 1.97 bits per heavy atom. The van der Waals surface area contributed by atoms with E-state index in [0.717, 1.165) is 12.0 Å². The van der Waals surface area contributed by atoms with Crippen LogP contribution in [0.3, 0.4) is 0 Å². The van der Waals surface area contributed by atoms with Crippen LogP contribution < -0.4 is 16.0 Å². The lowest BCUT2D eigenvalue weighted by molar-refractivity contribution is -0.134. The maximum atomic E-state index is 12.8. The zero-order valence-corrected chi connectivity index (χ0v) is 16.8. The van der Waals surface area contributed by atoms with Gasteiger partial charge < -0.3 is 25.8 Å². The van der Waals surface area contributed by atoms with Crippen molar-refractivity contribution in [3.8, 4) is 0 Å². The van der Waals surface area contributed by atoms with Gasteiger partial charge in [0.05, 0.1) is 18.8 Å². The number of ketones is 1. The molecule has 5 atom stereocenters. The van der Waals surface area contributed by atoms with Crippen LogP contribution in [0.15, 0.2) is 30.3 Å². The molecule has 8 heteroatoms. The number of aliphatic hydroxyl groups excluding tert-OH is 1. The molecule has 5 unspecified atom stereocenters. The van der Waals surface area contributed by atoms with E-state index in [1.807, 2.05) is 30.3 Å². The Labute approximate surface area is 170 Å². The van der Waals surface area contributed by atoms with Gasteiger partial charge in [0.15, 0.2) is 5.78 Å². The first-order valence-electron chi connectivity index (χ1n) is 10.0. The predicted molar refractivity (Wildman–Crippen MR) is 106 cm³/mol. The lowest BCUT2D eigenvalue weighted by Gasteiger charge is -2.29. The number of nitrogens with one attached hydrogen (secondary N) is 3. The second kappa shape index (κ2) is 9.02. The van der Waals surface area contributed by atoms with Crippen molar-refractivity contribution in [1.29, 1.82) is 0 Å². The van der Waals surface area contributed by atoms with E-state index in [4.69, 9.17) is 4.74 Å². The minimum Gasteiger partial charge on any atom is -0.391 e. The second-order valence-electron chi connectivity index (χ2n) is 8.01. The summed E-state index contributed by atoms with van der Waals surface area (Å²) in [4.78, 5) is 37.9. The van der Waals surface area contributed by atoms with Crippen molar-refractivity contribution in [2.75, 3.05) is 13.2 Å². The molecule has 0 aliphatic carbocycles. The Morgan fingerprint density at radius 3 is 2.59 bits per heavy atom. The van der Waals surface area contributed by atoms with Gasteiger partial charge >= 0.3 is 0 Å². The molecule has 0 bridgehead atoms. The summed E-state index contributed by atoms with van der Waals surface area (Å²) in [7, 11) is 0. The molecule has 4 N–H and O–H groups in total. The zero-order valence-electron chi connectivity index (χ0n) is 16.8. The van der Waals surface area contributed by atoms with Crippen molar-refractivity contribution in [2.24, 2.45) is 0 Å². The molecule has 8 nitrogen and oxygen atoms in total. The Balaban J connectivity index is 1.62. The third kappa shape index (κ3) is 5.41. The van der Waals surface area contributed by atoms with Crippen LogP contribution in [0, 0.1) is 0 Å². The standard InChI is InChI=1S/C21H29N3O5/c1-13(23-20(28)17-16(25)9-6-10-22-17)19(27)24-15(18(26)21(2)12-29-21)11-14-7-4-3-5-8-14/h3-5,7-8,13,15-17,22,25H,6,9-12H2,1-2H3,(H,23,28)(H,24,27). The Kier molecular flexibility index (Phi) is 6.66. The van der Waals surface area contributed by atoms with Crippen LogP contribution in [0.2, 0.25) is 0 Å². The zero-order chi connectivity index (χ0) is 21.0. The van der Waals surface area contributed by atoms with Gasteiger partial charge in [-0.2, -0.15) is 0 Å². The SMILES string of the molecule is CC(NC(=O)C1NCCCC1O)C(=O)NC(Cc1ccccc1)C(=O)C1(C)CO1. The number of Topliss-reactive ketones (excluding diaryl/α,β-unsaturated/α-hetero) is 1. The molecule has 0 aromatic heterocycles. The van der Waals surface area contributed by atoms with Gasteiger partial charge in [0, 0.05) is 0 Å². The molecule has 0 spiro atoms. The van der Waals surface area contributed by atoms with Gasteiger partial charge in [0.2, 0.25) is 11.8 Å². The number of aliphatic hydroxyl groups is 1. The molecule has 2 heterocycles. The van der Waals surface area contributed by atoms with Crippen LogP contribution in [-0.2, 0) is 25.5 Å². The van der Waals surface area contributed by atoms with Gasteiger partial charge in [-0.15, -0.1) is 0 Å². The number of rotatable bonds is 8. The van der Waals surface area contributed by atoms with Gasteiger partial charge in [-0.3, -0.25) is 14.4 Å². The average molecular weight is 403 g/mol. The summed E-state index contributed by atoms with van der Waals surface area (Å²) in [5.74, 6) is -1.07. The van der Waals surface area contributed by atoms with Crippen LogP contribution >= 0.6 is 0 Å². The number of amides is 2. The molecule has 2 amide bonds. The van der Waals surface area contributed by atoms with Crippen LogP contribution in [0.5, 0.6) is 0 Å². The van der Waals surface area contributed by atoms with Gasteiger partial charge in [0.25, 0.3) is 0 Å². The molecule has 0 radical (unpaired) electrons. The quantitative estimate of drug-likeness (QED) is 0.442. The highest BCUT2D eigenvalue weighted by Crippen LogP contribution is 2.29. The van der Waals surface area contributed by atoms with Gasteiger partial charge in [-0.25, -0.2) is 0 Å². The molecule has 3 rings (SSSR count). The third-order valence-electron chi connectivity index (χ3n) is 5.47. The molecule has 2 fully saturated rings. The van der Waals surface area contributed by atoms with E-state index < -0.39 is 41.6 Å². The lowest BCUT2D eigenvalue weighted by atomic mass is 9.94. The monoisotopic (exact) mass is 403 g/mol. The first kappa shape index (κ1) is 21.4. The summed E-state index contributed by atoms with van der Waals surface area (Å²) in [5, 5.41) is 18.3. The summed E-state index contributed by atoms with van der Waals surface area (Å²) in [6.45, 7) is 4.25. The first-order valence-corrected chi connectivity index (χ1v) is 10.0. The largest absolute Gasteiger partial charge is 0.391 e. The number of epoxide rings is 1. The molecular weight excluding hydrogens is 374 g/mol. The number of benzene rings is 1. The van der Waals surface area contributed by atoms with Crippen molar-refractivity contribution in [3.63, 3.8) is 0 Å². The van der Waals surface area contributed by atoms with Gasteiger partial charge in [-0.05, 0) is 45.2 Å². The van der Waals surface area contributed by atoms with E-state index in [1.54, 1.807) is 13.8 Å². The maximum absolute atomic E-state index is 12.8. The Morgan fingerprint density at radius 1 is 1.28 bits per heavy atom. The fourth-order valence-electron chi connectivity index (χ4n) is 3.48. The van der Waals surface area contributed by atoms with Crippen molar-refractivity contribution in [2.45, 2.75) is 62.9 Å². The lowest BCUT2D eigenvalue weighted by Crippen LogP contribution is -2.59. The van der Waals surface area contributed by atoms with Crippen molar-refractivity contribution in [3.05, 3.63) is 35.9 Å². The highest BCUT2D eigenvalue weighted by atomic mass is 16.6.